The van der Waals surface area contributed by atoms with Gasteiger partial charge in [-0.05, 0) is 6.42 Å². The van der Waals surface area contributed by atoms with Gasteiger partial charge in [-0.1, -0.05) is 13.3 Å². The van der Waals surface area contributed by atoms with Gasteiger partial charge in [0, 0.05) is 10.3 Å². The fraction of sp³-hybridized carbons (Fsp3) is 0.455. The molecule has 0 bridgehead atoms. The highest BCUT2D eigenvalue weighted by Crippen LogP contribution is 2.35. The molecule has 1 unspecified atom stereocenters. The van der Waals surface area contributed by atoms with Crippen molar-refractivity contribution in [3.05, 3.63) is 15.8 Å². The fourth-order valence-electron chi connectivity index (χ4n) is 1.58. The van der Waals surface area contributed by atoms with Crippen LogP contribution in [0.5, 0.6) is 0 Å². The van der Waals surface area contributed by atoms with Gasteiger partial charge in [-0.15, -0.1) is 11.3 Å². The van der Waals surface area contributed by atoms with E-state index in [-0.39, 0.29) is 11.3 Å². The van der Waals surface area contributed by atoms with E-state index in [1.54, 1.807) is 5.38 Å². The maximum absolute atomic E-state index is 11.4. The molecule has 0 spiro atoms. The number of nitrogens with two attached hydrogens (primary N) is 1. The molecule has 1 heterocycles. The van der Waals surface area contributed by atoms with E-state index in [0.717, 1.165) is 6.42 Å². The molecule has 0 aliphatic carbocycles. The topological polar surface area (TPSA) is 89.6 Å². The van der Waals surface area contributed by atoms with Crippen LogP contribution in [-0.4, -0.2) is 24.2 Å². The second kappa shape index (κ2) is 5.67. The van der Waals surface area contributed by atoms with E-state index in [2.05, 4.69) is 4.74 Å². The number of hydrogen-bond donors (Lipinski definition) is 2. The third-order valence-corrected chi connectivity index (χ3v) is 3.57. The Labute approximate surface area is 103 Å². The fourth-order valence-corrected chi connectivity index (χ4v) is 2.66. The van der Waals surface area contributed by atoms with Gasteiger partial charge in [0.2, 0.25) is 0 Å². The molecule has 94 valence electrons. The summed E-state index contributed by atoms with van der Waals surface area (Å²) in [6.07, 6.45) is 1.24. The van der Waals surface area contributed by atoms with Crippen LogP contribution in [0.1, 0.15) is 40.9 Å². The predicted octanol–water partition coefficient (Wildman–Crippen LogP) is 2.09. The van der Waals surface area contributed by atoms with Gasteiger partial charge in [0.05, 0.1) is 24.3 Å². The Bertz CT molecular complexity index is 427. The molecule has 3 N–H and O–H groups in total. The molecule has 0 aliphatic rings. The first kappa shape index (κ1) is 13.5. The highest BCUT2D eigenvalue weighted by atomic mass is 32.1. The van der Waals surface area contributed by atoms with Gasteiger partial charge in [-0.2, -0.15) is 0 Å². The quantitative estimate of drug-likeness (QED) is 0.788. The monoisotopic (exact) mass is 257 g/mol. The number of carbonyl (C=O) groups is 2. The molecule has 17 heavy (non-hydrogen) atoms. The van der Waals surface area contributed by atoms with Gasteiger partial charge in [0.25, 0.3) is 0 Å². The summed E-state index contributed by atoms with van der Waals surface area (Å²) < 4.78 is 4.57. The van der Waals surface area contributed by atoms with Gasteiger partial charge < -0.3 is 15.6 Å². The van der Waals surface area contributed by atoms with Crippen LogP contribution in [0.25, 0.3) is 0 Å². The molecule has 1 aromatic rings. The Morgan fingerprint density at radius 3 is 2.71 bits per heavy atom. The van der Waals surface area contributed by atoms with E-state index < -0.39 is 17.9 Å². The molecule has 0 aliphatic heterocycles. The van der Waals surface area contributed by atoms with E-state index >= 15 is 0 Å². The highest BCUT2D eigenvalue weighted by Gasteiger charge is 2.26. The molecular formula is C11H15NO4S. The lowest BCUT2D eigenvalue weighted by Crippen LogP contribution is -2.12. The summed E-state index contributed by atoms with van der Waals surface area (Å²) >= 11 is 1.19. The van der Waals surface area contributed by atoms with E-state index in [1.807, 2.05) is 6.92 Å². The van der Waals surface area contributed by atoms with Gasteiger partial charge >= 0.3 is 11.9 Å². The zero-order valence-corrected chi connectivity index (χ0v) is 10.5. The van der Waals surface area contributed by atoms with E-state index in [9.17, 15) is 9.59 Å². The van der Waals surface area contributed by atoms with Crippen LogP contribution in [0.2, 0.25) is 0 Å². The molecule has 0 saturated heterocycles. The van der Waals surface area contributed by atoms with Gasteiger partial charge in [0.1, 0.15) is 0 Å². The third-order valence-electron chi connectivity index (χ3n) is 2.46. The van der Waals surface area contributed by atoms with Gasteiger partial charge in [-0.25, -0.2) is 4.79 Å². The van der Waals surface area contributed by atoms with Crippen molar-refractivity contribution < 1.29 is 19.4 Å². The maximum Gasteiger partial charge on any atom is 0.340 e. The van der Waals surface area contributed by atoms with E-state index in [0.29, 0.717) is 11.3 Å². The summed E-state index contributed by atoms with van der Waals surface area (Å²) in [6, 6.07) is 0. The van der Waals surface area contributed by atoms with E-state index in [1.165, 1.54) is 18.4 Å². The lowest BCUT2D eigenvalue weighted by atomic mass is 10.0. The van der Waals surface area contributed by atoms with Crippen molar-refractivity contribution in [2.75, 3.05) is 12.8 Å². The molecule has 1 aromatic heterocycles. The Hall–Kier alpha value is -1.56. The van der Waals surface area contributed by atoms with Crippen LogP contribution in [0.15, 0.2) is 5.38 Å². The summed E-state index contributed by atoms with van der Waals surface area (Å²) in [7, 11) is 1.26. The van der Waals surface area contributed by atoms with Crippen molar-refractivity contribution >= 4 is 29.0 Å². The largest absolute Gasteiger partial charge is 0.481 e. The number of carboxylic acid groups (broad SMARTS) is 1. The minimum atomic E-state index is -0.920. The summed E-state index contributed by atoms with van der Waals surface area (Å²) in [4.78, 5) is 23.0. The first-order chi connectivity index (χ1) is 8.02. The Kier molecular flexibility index (Phi) is 4.51. The molecular weight excluding hydrogens is 242 g/mol. The van der Waals surface area contributed by atoms with Crippen molar-refractivity contribution in [3.63, 3.8) is 0 Å². The second-order valence-corrected chi connectivity index (χ2v) is 4.51. The van der Waals surface area contributed by atoms with Crippen molar-refractivity contribution in [1.29, 1.82) is 0 Å². The normalized spacial score (nSPS) is 12.1. The number of thiophene rings is 1. The number of rotatable bonds is 5. The average Bonchev–Trinajstić information content (AvgIpc) is 2.66. The van der Waals surface area contributed by atoms with Crippen LogP contribution in [0.3, 0.4) is 0 Å². The summed E-state index contributed by atoms with van der Waals surface area (Å²) in [5.41, 5.74) is 6.26. The van der Waals surface area contributed by atoms with Crippen molar-refractivity contribution in [1.82, 2.24) is 0 Å². The molecule has 1 atom stereocenters. The molecule has 1 rings (SSSR count). The number of ether oxygens (including phenoxy) is 1. The highest BCUT2D eigenvalue weighted by molar-refractivity contribution is 7.11. The van der Waals surface area contributed by atoms with Gasteiger partial charge in [-0.3, -0.25) is 4.79 Å². The van der Waals surface area contributed by atoms with Crippen LogP contribution in [0.4, 0.5) is 5.69 Å². The molecule has 6 heteroatoms. The smallest absolute Gasteiger partial charge is 0.340 e. The molecule has 0 radical (unpaired) electrons. The minimum absolute atomic E-state index is 0.225. The number of carbonyl (C=O) groups excluding carboxylic acids is 1. The average molecular weight is 257 g/mol. The second-order valence-electron chi connectivity index (χ2n) is 3.60. The van der Waals surface area contributed by atoms with Crippen LogP contribution < -0.4 is 5.73 Å². The SMILES string of the molecule is CCCC(C(=O)O)c1scc(C(=O)OC)c1N. The Balaban J connectivity index is 3.09. The summed E-state index contributed by atoms with van der Waals surface area (Å²) in [5, 5.41) is 10.7. The summed E-state index contributed by atoms with van der Waals surface area (Å²) in [5.74, 6) is -2.11. The lowest BCUT2D eigenvalue weighted by Gasteiger charge is -2.10. The van der Waals surface area contributed by atoms with Gasteiger partial charge in [0.15, 0.2) is 0 Å². The molecule has 0 saturated carbocycles. The van der Waals surface area contributed by atoms with Crippen LogP contribution >= 0.6 is 11.3 Å². The van der Waals surface area contributed by atoms with Crippen LogP contribution in [-0.2, 0) is 9.53 Å². The lowest BCUT2D eigenvalue weighted by molar-refractivity contribution is -0.138. The first-order valence-electron chi connectivity index (χ1n) is 5.20. The molecule has 0 aromatic carbocycles. The minimum Gasteiger partial charge on any atom is -0.481 e. The third kappa shape index (κ3) is 2.76. The zero-order valence-electron chi connectivity index (χ0n) is 9.73. The van der Waals surface area contributed by atoms with Crippen LogP contribution in [0, 0.1) is 0 Å². The number of nitrogen functional groups attached to an aromatic ring is 1. The molecule has 0 amide bonds. The Morgan fingerprint density at radius 1 is 1.59 bits per heavy atom. The van der Waals surface area contributed by atoms with Crippen molar-refractivity contribution in [2.24, 2.45) is 0 Å². The molecule has 5 nitrogen and oxygen atoms in total. The predicted molar refractivity (Wildman–Crippen MR) is 65.4 cm³/mol. The standard InChI is InChI=1S/C11H15NO4S/c1-3-4-6(10(13)14)9-8(12)7(5-17-9)11(15)16-2/h5-6H,3-4,12H2,1-2H3,(H,13,14). The Morgan fingerprint density at radius 2 is 2.24 bits per heavy atom. The van der Waals surface area contributed by atoms with Crippen molar-refractivity contribution in [3.8, 4) is 0 Å². The van der Waals surface area contributed by atoms with E-state index in [4.69, 9.17) is 10.8 Å². The zero-order chi connectivity index (χ0) is 13.0. The summed E-state index contributed by atoms with van der Waals surface area (Å²) in [6.45, 7) is 1.90. The number of esters is 1. The number of aliphatic carboxylic acids is 1. The van der Waals surface area contributed by atoms with Crippen molar-refractivity contribution in [2.45, 2.75) is 25.7 Å². The number of methoxy groups -OCH3 is 1. The maximum atomic E-state index is 11.4. The first-order valence-corrected chi connectivity index (χ1v) is 6.08. The number of hydrogen-bond acceptors (Lipinski definition) is 5. The number of anilines is 1. The number of carboxylic acids is 1. The molecule has 0 fully saturated rings.